The van der Waals surface area contributed by atoms with Gasteiger partial charge < -0.3 is 10.2 Å². The SMILES string of the molecule is CC(=O)CC(C)(C)NC(=O)CCN1CCN(C/C=C/c2ccccc2)CC1. The number of hydrogen-bond acceptors (Lipinski definition) is 4. The van der Waals surface area contributed by atoms with Crippen molar-refractivity contribution in [1.82, 2.24) is 15.1 Å². The van der Waals surface area contributed by atoms with Crippen molar-refractivity contribution in [2.24, 2.45) is 0 Å². The third kappa shape index (κ3) is 8.50. The number of ketones is 1. The number of amides is 1. The molecule has 1 N–H and O–H groups in total. The fraction of sp³-hybridized carbons (Fsp3) is 0.545. The monoisotopic (exact) mass is 371 g/mol. The summed E-state index contributed by atoms with van der Waals surface area (Å²) in [4.78, 5) is 28.2. The average Bonchev–Trinajstić information content (AvgIpc) is 2.60. The molecule has 1 aliphatic heterocycles. The van der Waals surface area contributed by atoms with Gasteiger partial charge in [0.25, 0.3) is 0 Å². The van der Waals surface area contributed by atoms with Crippen molar-refractivity contribution < 1.29 is 9.59 Å². The summed E-state index contributed by atoms with van der Waals surface area (Å²) in [5.74, 6) is 0.118. The fourth-order valence-corrected chi connectivity index (χ4v) is 3.46. The van der Waals surface area contributed by atoms with Gasteiger partial charge in [0.05, 0.1) is 0 Å². The molecular weight excluding hydrogens is 338 g/mol. The summed E-state index contributed by atoms with van der Waals surface area (Å²) in [5.41, 5.74) is 0.766. The van der Waals surface area contributed by atoms with Gasteiger partial charge in [0.1, 0.15) is 5.78 Å². The molecule has 2 rings (SSSR count). The molecule has 1 amide bonds. The molecule has 0 radical (unpaired) electrons. The number of Topliss-reactive ketones (excluding diaryl/α,β-unsaturated/α-hetero) is 1. The molecule has 5 heteroatoms. The molecule has 0 unspecified atom stereocenters. The maximum Gasteiger partial charge on any atom is 0.221 e. The minimum absolute atomic E-state index is 0.0227. The summed E-state index contributed by atoms with van der Waals surface area (Å²) in [6.07, 6.45) is 5.23. The number of rotatable bonds is 9. The molecular formula is C22H33N3O2. The highest BCUT2D eigenvalue weighted by atomic mass is 16.2. The Morgan fingerprint density at radius 3 is 2.33 bits per heavy atom. The van der Waals surface area contributed by atoms with Crippen LogP contribution in [0.4, 0.5) is 0 Å². The van der Waals surface area contributed by atoms with Crippen LogP contribution in [0, 0.1) is 0 Å². The van der Waals surface area contributed by atoms with Crippen LogP contribution >= 0.6 is 0 Å². The second-order valence-electron chi connectivity index (χ2n) is 8.02. The van der Waals surface area contributed by atoms with Gasteiger partial charge in [0, 0.05) is 57.6 Å². The predicted octanol–water partition coefficient (Wildman–Crippen LogP) is 2.58. The number of nitrogens with one attached hydrogen (secondary N) is 1. The highest BCUT2D eigenvalue weighted by Crippen LogP contribution is 2.10. The number of carbonyl (C=O) groups is 2. The minimum Gasteiger partial charge on any atom is -0.351 e. The largest absolute Gasteiger partial charge is 0.351 e. The summed E-state index contributed by atoms with van der Waals surface area (Å²) < 4.78 is 0. The van der Waals surface area contributed by atoms with Crippen LogP contribution in [0.3, 0.4) is 0 Å². The molecule has 5 nitrogen and oxygen atoms in total. The minimum atomic E-state index is -0.466. The maximum absolute atomic E-state index is 12.2. The lowest BCUT2D eigenvalue weighted by Gasteiger charge is -2.34. The molecule has 0 spiro atoms. The lowest BCUT2D eigenvalue weighted by Crippen LogP contribution is -2.48. The molecule has 1 aliphatic rings. The van der Waals surface area contributed by atoms with E-state index < -0.39 is 5.54 Å². The van der Waals surface area contributed by atoms with Gasteiger partial charge >= 0.3 is 0 Å². The maximum atomic E-state index is 12.2. The Morgan fingerprint density at radius 2 is 1.70 bits per heavy atom. The first-order chi connectivity index (χ1) is 12.8. The van der Waals surface area contributed by atoms with E-state index >= 15 is 0 Å². The Bertz CT molecular complexity index is 632. The van der Waals surface area contributed by atoms with Crippen LogP contribution in [0.15, 0.2) is 36.4 Å². The van der Waals surface area contributed by atoms with Crippen LogP contribution in [-0.2, 0) is 9.59 Å². The molecule has 0 aliphatic carbocycles. The van der Waals surface area contributed by atoms with E-state index in [1.807, 2.05) is 19.9 Å². The van der Waals surface area contributed by atoms with Gasteiger partial charge in [-0.15, -0.1) is 0 Å². The highest BCUT2D eigenvalue weighted by Gasteiger charge is 2.23. The van der Waals surface area contributed by atoms with E-state index in [9.17, 15) is 9.59 Å². The van der Waals surface area contributed by atoms with Gasteiger partial charge in [-0.1, -0.05) is 42.5 Å². The highest BCUT2D eigenvalue weighted by molar-refractivity contribution is 5.80. The normalized spacial score (nSPS) is 16.6. The third-order valence-corrected chi connectivity index (χ3v) is 4.76. The topological polar surface area (TPSA) is 52.7 Å². The van der Waals surface area contributed by atoms with Crippen LogP contribution in [0.25, 0.3) is 6.08 Å². The molecule has 0 aromatic heterocycles. The third-order valence-electron chi connectivity index (χ3n) is 4.76. The van der Waals surface area contributed by atoms with E-state index in [4.69, 9.17) is 0 Å². The zero-order chi connectivity index (χ0) is 19.7. The van der Waals surface area contributed by atoms with Gasteiger partial charge in [-0.25, -0.2) is 0 Å². The Hall–Kier alpha value is -1.98. The summed E-state index contributed by atoms with van der Waals surface area (Å²) in [6.45, 7) is 11.1. The van der Waals surface area contributed by atoms with Gasteiger partial charge in [-0.05, 0) is 26.3 Å². The molecule has 1 saturated heterocycles. The summed E-state index contributed by atoms with van der Waals surface area (Å²) in [7, 11) is 0. The van der Waals surface area contributed by atoms with E-state index in [0.717, 1.165) is 39.3 Å². The van der Waals surface area contributed by atoms with Gasteiger partial charge in [0.2, 0.25) is 5.91 Å². The van der Waals surface area contributed by atoms with E-state index in [1.165, 1.54) is 5.56 Å². The van der Waals surface area contributed by atoms with Crippen LogP contribution in [0.1, 0.15) is 39.2 Å². The zero-order valence-electron chi connectivity index (χ0n) is 16.9. The quantitative estimate of drug-likeness (QED) is 0.725. The second kappa shape index (κ2) is 10.4. The number of benzene rings is 1. The summed E-state index contributed by atoms with van der Waals surface area (Å²) >= 11 is 0. The van der Waals surface area contributed by atoms with Gasteiger partial charge in [-0.2, -0.15) is 0 Å². The summed E-state index contributed by atoms with van der Waals surface area (Å²) in [6, 6.07) is 10.3. The van der Waals surface area contributed by atoms with Crippen molar-refractivity contribution in [3.8, 4) is 0 Å². The second-order valence-corrected chi connectivity index (χ2v) is 8.02. The van der Waals surface area contributed by atoms with Crippen molar-refractivity contribution in [2.45, 2.75) is 39.2 Å². The van der Waals surface area contributed by atoms with Gasteiger partial charge in [-0.3, -0.25) is 14.5 Å². The summed E-state index contributed by atoms with van der Waals surface area (Å²) in [5, 5.41) is 2.97. The smallest absolute Gasteiger partial charge is 0.221 e. The molecule has 0 saturated carbocycles. The van der Waals surface area contributed by atoms with Crippen LogP contribution in [-0.4, -0.2) is 66.3 Å². The lowest BCUT2D eigenvalue weighted by molar-refractivity contribution is -0.124. The van der Waals surface area contributed by atoms with Crippen LogP contribution in [0.5, 0.6) is 0 Å². The standard InChI is InChI=1S/C22H33N3O2/c1-19(26)18-22(2,3)23-21(27)11-13-25-16-14-24(15-17-25)12-7-10-20-8-5-4-6-9-20/h4-10H,11-18H2,1-3H3,(H,23,27)/b10-7+. The molecule has 0 bridgehead atoms. The Kier molecular flexibility index (Phi) is 8.20. The first-order valence-electron chi connectivity index (χ1n) is 9.81. The molecule has 1 heterocycles. The molecule has 1 aromatic rings. The van der Waals surface area contributed by atoms with Crippen molar-refractivity contribution in [3.05, 3.63) is 42.0 Å². The molecule has 27 heavy (non-hydrogen) atoms. The number of nitrogens with zero attached hydrogens (tertiary/aromatic N) is 2. The van der Waals surface area contributed by atoms with Crippen LogP contribution in [0.2, 0.25) is 0 Å². The van der Waals surface area contributed by atoms with Gasteiger partial charge in [0.15, 0.2) is 0 Å². The van der Waals surface area contributed by atoms with Crippen molar-refractivity contribution in [2.75, 3.05) is 39.3 Å². The van der Waals surface area contributed by atoms with E-state index in [2.05, 4.69) is 51.5 Å². The number of piperazine rings is 1. The fourth-order valence-electron chi connectivity index (χ4n) is 3.46. The number of carbonyl (C=O) groups excluding carboxylic acids is 2. The zero-order valence-corrected chi connectivity index (χ0v) is 16.9. The molecule has 0 atom stereocenters. The Labute approximate surface area is 163 Å². The van der Waals surface area contributed by atoms with Crippen LogP contribution < -0.4 is 5.32 Å². The molecule has 148 valence electrons. The van der Waals surface area contributed by atoms with Crippen molar-refractivity contribution in [1.29, 1.82) is 0 Å². The van der Waals surface area contributed by atoms with E-state index in [0.29, 0.717) is 12.8 Å². The van der Waals surface area contributed by atoms with E-state index in [-0.39, 0.29) is 11.7 Å². The van der Waals surface area contributed by atoms with Crippen molar-refractivity contribution in [3.63, 3.8) is 0 Å². The molecule has 1 aromatic carbocycles. The first kappa shape index (κ1) is 21.3. The lowest BCUT2D eigenvalue weighted by atomic mass is 9.98. The Balaban J connectivity index is 1.63. The Morgan fingerprint density at radius 1 is 1.07 bits per heavy atom. The van der Waals surface area contributed by atoms with Crippen molar-refractivity contribution >= 4 is 17.8 Å². The molecule has 1 fully saturated rings. The average molecular weight is 372 g/mol. The first-order valence-corrected chi connectivity index (χ1v) is 9.81. The number of hydrogen-bond donors (Lipinski definition) is 1. The predicted molar refractivity (Wildman–Crippen MR) is 110 cm³/mol. The van der Waals surface area contributed by atoms with E-state index in [1.54, 1.807) is 6.92 Å².